The van der Waals surface area contributed by atoms with Crippen molar-refractivity contribution in [2.45, 2.75) is 6.92 Å². The molecule has 148 valence electrons. The zero-order valence-electron chi connectivity index (χ0n) is 15.7. The van der Waals surface area contributed by atoms with Gasteiger partial charge in [-0.15, -0.1) is 11.3 Å². The third-order valence-electron chi connectivity index (χ3n) is 3.77. The number of thiazole rings is 1. The van der Waals surface area contributed by atoms with Crippen molar-refractivity contribution >= 4 is 45.6 Å². The van der Waals surface area contributed by atoms with Crippen LogP contribution in [0.5, 0.6) is 5.75 Å². The number of nitrogens with one attached hydrogen (secondary N) is 3. The molecule has 3 N–H and O–H groups in total. The van der Waals surface area contributed by atoms with Crippen molar-refractivity contribution in [3.8, 4) is 5.75 Å². The van der Waals surface area contributed by atoms with E-state index in [1.165, 1.54) is 6.92 Å². The minimum Gasteiger partial charge on any atom is -0.497 e. The molecule has 1 aromatic heterocycles. The molecule has 9 heteroatoms. The number of anilines is 3. The van der Waals surface area contributed by atoms with Crippen LogP contribution in [0.2, 0.25) is 0 Å². The van der Waals surface area contributed by atoms with Crippen molar-refractivity contribution in [1.29, 1.82) is 0 Å². The van der Waals surface area contributed by atoms with E-state index in [2.05, 4.69) is 20.9 Å². The highest BCUT2D eigenvalue weighted by atomic mass is 32.1. The number of benzene rings is 2. The Balaban J connectivity index is 1.60. The number of rotatable bonds is 6. The lowest BCUT2D eigenvalue weighted by Gasteiger charge is -2.06. The quantitative estimate of drug-likeness (QED) is 0.575. The zero-order valence-corrected chi connectivity index (χ0v) is 16.5. The van der Waals surface area contributed by atoms with Crippen LogP contribution in [0.3, 0.4) is 0 Å². The second-order valence-electron chi connectivity index (χ2n) is 5.93. The molecule has 0 saturated carbocycles. The minimum absolute atomic E-state index is 0.173. The Hall–Kier alpha value is -3.72. The molecule has 1 heterocycles. The standard InChI is InChI=1S/C20H18N4O4S/c1-12(25)21-14-5-7-15(8-6-14)22-19(27)17-11-29-20(23-17)24-18(26)13-3-9-16(28-2)10-4-13/h3-11H,1-2H3,(H,21,25)(H,22,27)(H,23,24,26). The number of methoxy groups -OCH3 is 1. The van der Waals surface area contributed by atoms with Gasteiger partial charge in [-0.1, -0.05) is 0 Å². The van der Waals surface area contributed by atoms with E-state index >= 15 is 0 Å². The van der Waals surface area contributed by atoms with Crippen molar-refractivity contribution in [3.05, 3.63) is 65.2 Å². The molecule has 0 aliphatic carbocycles. The first kappa shape index (κ1) is 20.0. The number of carbonyl (C=O) groups is 3. The van der Waals surface area contributed by atoms with Gasteiger partial charge in [0, 0.05) is 29.2 Å². The molecule has 8 nitrogen and oxygen atoms in total. The van der Waals surface area contributed by atoms with Gasteiger partial charge in [0.1, 0.15) is 11.4 Å². The molecule has 0 saturated heterocycles. The second kappa shape index (κ2) is 8.98. The molecule has 3 amide bonds. The van der Waals surface area contributed by atoms with Gasteiger partial charge in [-0.05, 0) is 48.5 Å². The maximum Gasteiger partial charge on any atom is 0.275 e. The summed E-state index contributed by atoms with van der Waals surface area (Å²) in [5.41, 5.74) is 1.82. The smallest absolute Gasteiger partial charge is 0.275 e. The SMILES string of the molecule is COc1ccc(C(=O)Nc2nc(C(=O)Nc3ccc(NC(C)=O)cc3)cs2)cc1. The summed E-state index contributed by atoms with van der Waals surface area (Å²) >= 11 is 1.15. The Bertz CT molecular complexity index is 1030. The van der Waals surface area contributed by atoms with Crippen LogP contribution in [-0.4, -0.2) is 29.8 Å². The van der Waals surface area contributed by atoms with E-state index in [9.17, 15) is 14.4 Å². The van der Waals surface area contributed by atoms with Crippen molar-refractivity contribution in [2.24, 2.45) is 0 Å². The van der Waals surface area contributed by atoms with Crippen LogP contribution in [0, 0.1) is 0 Å². The maximum atomic E-state index is 12.4. The van der Waals surface area contributed by atoms with E-state index in [1.54, 1.807) is 61.0 Å². The van der Waals surface area contributed by atoms with Gasteiger partial charge in [0.05, 0.1) is 7.11 Å². The Morgan fingerprint density at radius 3 is 2.07 bits per heavy atom. The first-order valence-electron chi connectivity index (χ1n) is 8.54. The summed E-state index contributed by atoms with van der Waals surface area (Å²) in [4.78, 5) is 39.8. The van der Waals surface area contributed by atoms with E-state index in [1.807, 2.05) is 0 Å². The number of nitrogens with zero attached hydrogens (tertiary/aromatic N) is 1. The highest BCUT2D eigenvalue weighted by Gasteiger charge is 2.14. The summed E-state index contributed by atoms with van der Waals surface area (Å²) in [6.07, 6.45) is 0. The second-order valence-corrected chi connectivity index (χ2v) is 6.79. The summed E-state index contributed by atoms with van der Waals surface area (Å²) in [6, 6.07) is 13.3. The van der Waals surface area contributed by atoms with E-state index < -0.39 is 5.91 Å². The first-order valence-corrected chi connectivity index (χ1v) is 9.42. The van der Waals surface area contributed by atoms with Crippen LogP contribution in [-0.2, 0) is 4.79 Å². The summed E-state index contributed by atoms with van der Waals surface area (Å²) in [6.45, 7) is 1.42. The van der Waals surface area contributed by atoms with Crippen LogP contribution in [0.25, 0.3) is 0 Å². The van der Waals surface area contributed by atoms with Gasteiger partial charge in [-0.3, -0.25) is 19.7 Å². The van der Waals surface area contributed by atoms with Crippen molar-refractivity contribution in [2.75, 3.05) is 23.1 Å². The molecule has 2 aromatic carbocycles. The molecule has 0 fully saturated rings. The minimum atomic E-state index is -0.404. The van der Waals surface area contributed by atoms with E-state index in [4.69, 9.17) is 4.74 Å². The van der Waals surface area contributed by atoms with Gasteiger partial charge >= 0.3 is 0 Å². The number of ether oxygens (including phenoxy) is 1. The normalized spacial score (nSPS) is 10.1. The van der Waals surface area contributed by atoms with Crippen LogP contribution < -0.4 is 20.7 Å². The van der Waals surface area contributed by atoms with Gasteiger partial charge < -0.3 is 15.4 Å². The van der Waals surface area contributed by atoms with Gasteiger partial charge in [-0.25, -0.2) is 4.98 Å². The average molecular weight is 410 g/mol. The fourth-order valence-electron chi connectivity index (χ4n) is 2.38. The number of carbonyl (C=O) groups excluding carboxylic acids is 3. The Morgan fingerprint density at radius 2 is 1.48 bits per heavy atom. The highest BCUT2D eigenvalue weighted by molar-refractivity contribution is 7.14. The van der Waals surface area contributed by atoms with Gasteiger partial charge in [0.25, 0.3) is 11.8 Å². The van der Waals surface area contributed by atoms with E-state index in [-0.39, 0.29) is 17.5 Å². The third-order valence-corrected chi connectivity index (χ3v) is 4.53. The molecular formula is C20H18N4O4S. The lowest BCUT2D eigenvalue weighted by molar-refractivity contribution is -0.114. The predicted molar refractivity (Wildman–Crippen MR) is 112 cm³/mol. The lowest BCUT2D eigenvalue weighted by atomic mass is 10.2. The molecule has 3 rings (SSSR count). The molecule has 0 aliphatic heterocycles. The summed E-state index contributed by atoms with van der Waals surface area (Å²) in [5, 5.41) is 9.91. The largest absolute Gasteiger partial charge is 0.497 e. The summed E-state index contributed by atoms with van der Waals surface area (Å²) in [7, 11) is 1.55. The third kappa shape index (κ3) is 5.39. The maximum absolute atomic E-state index is 12.4. The van der Waals surface area contributed by atoms with Crippen molar-refractivity contribution in [1.82, 2.24) is 4.98 Å². The molecule has 3 aromatic rings. The van der Waals surface area contributed by atoms with Gasteiger partial charge in [0.2, 0.25) is 5.91 Å². The van der Waals surface area contributed by atoms with Crippen LogP contribution >= 0.6 is 11.3 Å². The van der Waals surface area contributed by atoms with Crippen LogP contribution in [0.4, 0.5) is 16.5 Å². The van der Waals surface area contributed by atoms with Crippen LogP contribution in [0.1, 0.15) is 27.8 Å². The fourth-order valence-corrected chi connectivity index (χ4v) is 3.07. The molecule has 29 heavy (non-hydrogen) atoms. The molecule has 0 aliphatic rings. The number of hydrogen-bond acceptors (Lipinski definition) is 6. The fraction of sp³-hybridized carbons (Fsp3) is 0.100. The van der Waals surface area contributed by atoms with Crippen molar-refractivity contribution < 1.29 is 19.1 Å². The summed E-state index contributed by atoms with van der Waals surface area (Å²) < 4.78 is 5.06. The number of hydrogen-bond donors (Lipinski definition) is 3. The molecular weight excluding hydrogens is 392 g/mol. The molecule has 0 unspecified atom stereocenters. The van der Waals surface area contributed by atoms with Crippen molar-refractivity contribution in [3.63, 3.8) is 0 Å². The van der Waals surface area contributed by atoms with E-state index in [0.717, 1.165) is 11.3 Å². The molecule has 0 spiro atoms. The topological polar surface area (TPSA) is 109 Å². The monoisotopic (exact) mass is 410 g/mol. The van der Waals surface area contributed by atoms with Crippen LogP contribution in [0.15, 0.2) is 53.9 Å². The molecule has 0 atom stereocenters. The highest BCUT2D eigenvalue weighted by Crippen LogP contribution is 2.19. The predicted octanol–water partition coefficient (Wildman–Crippen LogP) is 3.61. The van der Waals surface area contributed by atoms with Gasteiger partial charge in [0.15, 0.2) is 5.13 Å². The number of aromatic nitrogens is 1. The first-order chi connectivity index (χ1) is 13.9. The lowest BCUT2D eigenvalue weighted by Crippen LogP contribution is -2.14. The zero-order chi connectivity index (χ0) is 20.8. The molecule has 0 bridgehead atoms. The Morgan fingerprint density at radius 1 is 0.862 bits per heavy atom. The summed E-state index contributed by atoms with van der Waals surface area (Å²) in [5.74, 6) is -0.255. The average Bonchev–Trinajstić information content (AvgIpc) is 3.18. The van der Waals surface area contributed by atoms with E-state index in [0.29, 0.717) is 27.8 Å². The van der Waals surface area contributed by atoms with Gasteiger partial charge in [-0.2, -0.15) is 0 Å². The number of amides is 3. The Labute approximate surface area is 170 Å². The molecule has 0 radical (unpaired) electrons. The Kier molecular flexibility index (Phi) is 6.20.